The number of halogens is 1. The van der Waals surface area contributed by atoms with E-state index in [2.05, 4.69) is 0 Å². The maximum absolute atomic E-state index is 10.7. The molecule has 0 saturated heterocycles. The molecule has 17 heavy (non-hydrogen) atoms. The zero-order valence-corrected chi connectivity index (χ0v) is 10.6. The van der Waals surface area contributed by atoms with Crippen LogP contribution in [0.4, 0.5) is 0 Å². The number of hydrogen-bond acceptors (Lipinski definition) is 1. The molecule has 2 aromatic carbocycles. The topological polar surface area (TPSA) is 17.1 Å². The van der Waals surface area contributed by atoms with Gasteiger partial charge in [-0.3, -0.25) is 4.79 Å². The number of aldehydes is 1. The molecule has 0 amide bonds. The van der Waals surface area contributed by atoms with Crippen molar-refractivity contribution < 1.29 is 4.79 Å². The van der Waals surface area contributed by atoms with Gasteiger partial charge < -0.3 is 0 Å². The van der Waals surface area contributed by atoms with Crippen LogP contribution in [0.25, 0.3) is 11.1 Å². The summed E-state index contributed by atoms with van der Waals surface area (Å²) in [5.41, 5.74) is 5.03. The molecule has 0 N–H and O–H groups in total. The molecule has 1 nitrogen and oxygen atoms in total. The minimum absolute atomic E-state index is 0.699. The van der Waals surface area contributed by atoms with Crippen LogP contribution < -0.4 is 0 Å². The van der Waals surface area contributed by atoms with Crippen molar-refractivity contribution in [3.63, 3.8) is 0 Å². The number of benzene rings is 2. The molecule has 0 saturated carbocycles. The summed E-state index contributed by atoms with van der Waals surface area (Å²) in [6, 6.07) is 11.7. The number of carbonyl (C=O) groups excluding carboxylic acids is 1. The van der Waals surface area contributed by atoms with Gasteiger partial charge in [-0.05, 0) is 48.2 Å². The van der Waals surface area contributed by atoms with Gasteiger partial charge in [0.05, 0.1) is 0 Å². The average molecular weight is 245 g/mol. The maximum atomic E-state index is 10.7. The number of aryl methyl sites for hydroxylation is 2. The third kappa shape index (κ3) is 2.40. The van der Waals surface area contributed by atoms with Gasteiger partial charge in [0.25, 0.3) is 0 Å². The van der Waals surface area contributed by atoms with Crippen LogP contribution in [0.5, 0.6) is 0 Å². The quantitative estimate of drug-likeness (QED) is 0.714. The highest BCUT2D eigenvalue weighted by Crippen LogP contribution is 2.28. The number of hydrogen-bond donors (Lipinski definition) is 0. The smallest absolute Gasteiger partial charge is 0.150 e. The van der Waals surface area contributed by atoms with Crippen molar-refractivity contribution in [2.45, 2.75) is 13.8 Å². The fourth-order valence-electron chi connectivity index (χ4n) is 1.84. The van der Waals surface area contributed by atoms with Crippen molar-refractivity contribution in [1.29, 1.82) is 0 Å². The number of rotatable bonds is 2. The standard InChI is InChI=1S/C15H13ClO/c1-10-3-5-13(8-15(10)16)14-6-4-12(9-17)7-11(14)2/h3-9H,1-2H3. The maximum Gasteiger partial charge on any atom is 0.150 e. The molecule has 2 rings (SSSR count). The van der Waals surface area contributed by atoms with Gasteiger partial charge in [-0.25, -0.2) is 0 Å². The summed E-state index contributed by atoms with van der Waals surface area (Å²) in [5.74, 6) is 0. The highest BCUT2D eigenvalue weighted by molar-refractivity contribution is 6.31. The first kappa shape index (κ1) is 11.9. The Balaban J connectivity index is 2.52. The number of carbonyl (C=O) groups is 1. The summed E-state index contributed by atoms with van der Waals surface area (Å²) >= 11 is 6.12. The predicted octanol–water partition coefficient (Wildman–Crippen LogP) is 4.44. The summed E-state index contributed by atoms with van der Waals surface area (Å²) in [4.78, 5) is 10.7. The van der Waals surface area contributed by atoms with Gasteiger partial charge in [0.2, 0.25) is 0 Å². The lowest BCUT2D eigenvalue weighted by atomic mass is 9.98. The molecular weight excluding hydrogens is 232 g/mol. The van der Waals surface area contributed by atoms with Crippen LogP contribution in [0.15, 0.2) is 36.4 Å². The van der Waals surface area contributed by atoms with E-state index in [1.165, 1.54) is 0 Å². The van der Waals surface area contributed by atoms with Gasteiger partial charge in [-0.15, -0.1) is 0 Å². The third-order valence-corrected chi connectivity index (χ3v) is 3.28. The van der Waals surface area contributed by atoms with Crippen molar-refractivity contribution in [3.8, 4) is 11.1 Å². The molecule has 0 heterocycles. The van der Waals surface area contributed by atoms with Gasteiger partial charge >= 0.3 is 0 Å². The Kier molecular flexibility index (Phi) is 3.30. The van der Waals surface area contributed by atoms with Crippen molar-refractivity contribution in [1.82, 2.24) is 0 Å². The van der Waals surface area contributed by atoms with E-state index >= 15 is 0 Å². The van der Waals surface area contributed by atoms with Gasteiger partial charge in [0.1, 0.15) is 6.29 Å². The summed E-state index contributed by atoms with van der Waals surface area (Å²) in [5, 5.41) is 0.765. The van der Waals surface area contributed by atoms with Crippen LogP contribution in [-0.2, 0) is 0 Å². The van der Waals surface area contributed by atoms with Crippen LogP contribution in [0, 0.1) is 13.8 Å². The van der Waals surface area contributed by atoms with Crippen LogP contribution in [-0.4, -0.2) is 6.29 Å². The summed E-state index contributed by atoms with van der Waals surface area (Å²) in [6.45, 7) is 3.98. The normalized spacial score (nSPS) is 10.3. The Hall–Kier alpha value is -1.60. The minimum Gasteiger partial charge on any atom is -0.298 e. The predicted molar refractivity (Wildman–Crippen MR) is 71.7 cm³/mol. The van der Waals surface area contributed by atoms with E-state index in [0.29, 0.717) is 5.56 Å². The molecule has 0 aliphatic rings. The molecule has 2 aromatic rings. The van der Waals surface area contributed by atoms with E-state index < -0.39 is 0 Å². The van der Waals surface area contributed by atoms with Crippen LogP contribution in [0.3, 0.4) is 0 Å². The molecule has 86 valence electrons. The Morgan fingerprint density at radius 1 is 1.00 bits per heavy atom. The van der Waals surface area contributed by atoms with E-state index in [4.69, 9.17) is 11.6 Å². The molecule has 0 unspecified atom stereocenters. The molecule has 0 bridgehead atoms. The molecule has 2 heteroatoms. The monoisotopic (exact) mass is 244 g/mol. The van der Waals surface area contributed by atoms with Crippen molar-refractivity contribution in [2.24, 2.45) is 0 Å². The van der Waals surface area contributed by atoms with Gasteiger partial charge in [0.15, 0.2) is 0 Å². The lowest BCUT2D eigenvalue weighted by Gasteiger charge is -2.08. The van der Waals surface area contributed by atoms with Gasteiger partial charge in [-0.2, -0.15) is 0 Å². The Morgan fingerprint density at radius 3 is 2.35 bits per heavy atom. The van der Waals surface area contributed by atoms with E-state index in [-0.39, 0.29) is 0 Å². The Morgan fingerprint density at radius 2 is 1.76 bits per heavy atom. The molecular formula is C15H13ClO. The van der Waals surface area contributed by atoms with Crippen molar-refractivity contribution in [3.05, 3.63) is 58.1 Å². The minimum atomic E-state index is 0.699. The lowest BCUT2D eigenvalue weighted by Crippen LogP contribution is -1.87. The van der Waals surface area contributed by atoms with E-state index in [9.17, 15) is 4.79 Å². The zero-order valence-electron chi connectivity index (χ0n) is 9.83. The van der Waals surface area contributed by atoms with Crippen LogP contribution >= 0.6 is 11.6 Å². The fourth-order valence-corrected chi connectivity index (χ4v) is 2.03. The van der Waals surface area contributed by atoms with Crippen LogP contribution in [0.1, 0.15) is 21.5 Å². The first-order valence-electron chi connectivity index (χ1n) is 5.44. The Bertz CT molecular complexity index is 573. The third-order valence-electron chi connectivity index (χ3n) is 2.87. The SMILES string of the molecule is Cc1ccc(-c2ccc(C=O)cc2C)cc1Cl. The molecule has 0 aliphatic heterocycles. The van der Waals surface area contributed by atoms with Crippen molar-refractivity contribution >= 4 is 17.9 Å². The molecule has 0 radical (unpaired) electrons. The highest BCUT2D eigenvalue weighted by Gasteiger charge is 2.04. The Labute approximate surface area is 106 Å². The first-order chi connectivity index (χ1) is 8.11. The summed E-state index contributed by atoms with van der Waals surface area (Å²) < 4.78 is 0. The first-order valence-corrected chi connectivity index (χ1v) is 5.82. The van der Waals surface area contributed by atoms with Crippen LogP contribution in [0.2, 0.25) is 5.02 Å². The fraction of sp³-hybridized carbons (Fsp3) is 0.133. The van der Waals surface area contributed by atoms with E-state index in [0.717, 1.165) is 33.6 Å². The average Bonchev–Trinajstić information content (AvgIpc) is 2.32. The molecule has 0 spiro atoms. The van der Waals surface area contributed by atoms with Gasteiger partial charge in [0, 0.05) is 10.6 Å². The molecule has 0 aliphatic carbocycles. The second-order valence-corrected chi connectivity index (χ2v) is 4.56. The summed E-state index contributed by atoms with van der Waals surface area (Å²) in [7, 11) is 0. The van der Waals surface area contributed by atoms with E-state index in [1.54, 1.807) is 0 Å². The zero-order chi connectivity index (χ0) is 12.4. The summed E-state index contributed by atoms with van der Waals surface area (Å²) in [6.07, 6.45) is 0.860. The molecule has 0 aromatic heterocycles. The highest BCUT2D eigenvalue weighted by atomic mass is 35.5. The van der Waals surface area contributed by atoms with E-state index in [1.807, 2.05) is 50.2 Å². The largest absolute Gasteiger partial charge is 0.298 e. The molecule has 0 atom stereocenters. The van der Waals surface area contributed by atoms with Crippen molar-refractivity contribution in [2.75, 3.05) is 0 Å². The lowest BCUT2D eigenvalue weighted by molar-refractivity contribution is 0.112. The molecule has 0 fully saturated rings. The van der Waals surface area contributed by atoms with Gasteiger partial charge in [-0.1, -0.05) is 35.9 Å². The second kappa shape index (κ2) is 4.72. The second-order valence-electron chi connectivity index (χ2n) is 4.16.